The minimum atomic E-state index is 0.360. The van der Waals surface area contributed by atoms with Gasteiger partial charge < -0.3 is 19.9 Å². The predicted octanol–water partition coefficient (Wildman–Crippen LogP) is 1.01. The lowest BCUT2D eigenvalue weighted by atomic mass is 10.1. The molecule has 2 N–H and O–H groups in total. The number of fused-ring (bicyclic) bond motifs is 1. The molecular weight excluding hydrogens is 244 g/mol. The topological polar surface area (TPSA) is 79.0 Å². The van der Waals surface area contributed by atoms with Crippen LogP contribution in [0, 0.1) is 0 Å². The van der Waals surface area contributed by atoms with Crippen LogP contribution in [-0.2, 0) is 4.74 Å². The average molecular weight is 262 g/mol. The van der Waals surface area contributed by atoms with Crippen LogP contribution in [0.15, 0.2) is 6.33 Å². The standard InChI is InChI=1S/C12H18N6O/c1-13-12-16-10-9(14-7-15-10)11(17-12)18-5-3-8(19-2)4-6-18/h7-8H,3-6H2,1-2H3,(H2,13,14,15,16,17). The first-order chi connectivity index (χ1) is 9.31. The van der Waals surface area contributed by atoms with E-state index >= 15 is 0 Å². The summed E-state index contributed by atoms with van der Waals surface area (Å²) >= 11 is 0. The molecule has 0 radical (unpaired) electrons. The van der Waals surface area contributed by atoms with E-state index in [2.05, 4.69) is 30.2 Å². The predicted molar refractivity (Wildman–Crippen MR) is 73.5 cm³/mol. The summed E-state index contributed by atoms with van der Waals surface area (Å²) < 4.78 is 5.40. The number of aromatic amines is 1. The van der Waals surface area contributed by atoms with E-state index in [1.54, 1.807) is 13.4 Å². The Labute approximate surface area is 111 Å². The van der Waals surface area contributed by atoms with Crippen LogP contribution in [0.2, 0.25) is 0 Å². The maximum absolute atomic E-state index is 5.40. The highest BCUT2D eigenvalue weighted by molar-refractivity contribution is 5.84. The summed E-state index contributed by atoms with van der Waals surface area (Å²) in [5.74, 6) is 1.52. The fraction of sp³-hybridized carbons (Fsp3) is 0.583. The van der Waals surface area contributed by atoms with Crippen molar-refractivity contribution in [1.29, 1.82) is 0 Å². The van der Waals surface area contributed by atoms with Gasteiger partial charge in [-0.25, -0.2) is 4.98 Å². The summed E-state index contributed by atoms with van der Waals surface area (Å²) in [6.45, 7) is 1.87. The van der Waals surface area contributed by atoms with Crippen molar-refractivity contribution in [2.45, 2.75) is 18.9 Å². The molecule has 0 saturated carbocycles. The van der Waals surface area contributed by atoms with E-state index in [1.165, 1.54) is 0 Å². The summed E-state index contributed by atoms with van der Waals surface area (Å²) in [5, 5.41) is 2.98. The Morgan fingerprint density at radius 2 is 2.16 bits per heavy atom. The molecule has 0 amide bonds. The maximum atomic E-state index is 5.40. The van der Waals surface area contributed by atoms with E-state index in [9.17, 15) is 0 Å². The van der Waals surface area contributed by atoms with E-state index in [1.807, 2.05) is 7.05 Å². The second-order valence-corrected chi connectivity index (χ2v) is 4.64. The van der Waals surface area contributed by atoms with Crippen LogP contribution in [0.5, 0.6) is 0 Å². The number of hydrogen-bond acceptors (Lipinski definition) is 6. The molecule has 102 valence electrons. The second kappa shape index (κ2) is 5.00. The van der Waals surface area contributed by atoms with Crippen LogP contribution in [0.3, 0.4) is 0 Å². The fourth-order valence-electron chi connectivity index (χ4n) is 2.46. The number of hydrogen-bond donors (Lipinski definition) is 2. The first-order valence-electron chi connectivity index (χ1n) is 6.48. The van der Waals surface area contributed by atoms with Crippen molar-refractivity contribution < 1.29 is 4.74 Å². The van der Waals surface area contributed by atoms with Crippen molar-refractivity contribution in [3.8, 4) is 0 Å². The molecule has 1 aliphatic heterocycles. The van der Waals surface area contributed by atoms with E-state index in [0.29, 0.717) is 17.7 Å². The van der Waals surface area contributed by atoms with E-state index in [-0.39, 0.29) is 0 Å². The Morgan fingerprint density at radius 1 is 1.37 bits per heavy atom. The van der Waals surface area contributed by atoms with Crippen molar-refractivity contribution in [1.82, 2.24) is 19.9 Å². The fourth-order valence-corrected chi connectivity index (χ4v) is 2.46. The SMILES string of the molecule is CNc1nc(N2CCC(OC)CC2)c2[nH]cnc2n1. The first-order valence-corrected chi connectivity index (χ1v) is 6.48. The zero-order chi connectivity index (χ0) is 13.2. The molecule has 1 aliphatic rings. The number of nitrogens with zero attached hydrogens (tertiary/aromatic N) is 4. The van der Waals surface area contributed by atoms with Gasteiger partial charge in [-0.05, 0) is 12.8 Å². The first kappa shape index (κ1) is 12.2. The van der Waals surface area contributed by atoms with Gasteiger partial charge in [-0.15, -0.1) is 0 Å². The van der Waals surface area contributed by atoms with Crippen molar-refractivity contribution in [2.24, 2.45) is 0 Å². The third-order valence-corrected chi connectivity index (χ3v) is 3.57. The van der Waals surface area contributed by atoms with Gasteiger partial charge in [0.25, 0.3) is 0 Å². The molecule has 7 nitrogen and oxygen atoms in total. The third kappa shape index (κ3) is 2.21. The molecule has 1 fully saturated rings. The van der Waals surface area contributed by atoms with E-state index in [0.717, 1.165) is 37.3 Å². The molecule has 0 spiro atoms. The lowest BCUT2D eigenvalue weighted by Gasteiger charge is -2.32. The summed E-state index contributed by atoms with van der Waals surface area (Å²) in [4.78, 5) is 18.5. The number of aromatic nitrogens is 4. The highest BCUT2D eigenvalue weighted by Crippen LogP contribution is 2.26. The lowest BCUT2D eigenvalue weighted by Crippen LogP contribution is -2.37. The molecule has 0 aromatic carbocycles. The molecule has 0 atom stereocenters. The number of anilines is 2. The quantitative estimate of drug-likeness (QED) is 0.859. The van der Waals surface area contributed by atoms with Crippen LogP contribution >= 0.6 is 0 Å². The van der Waals surface area contributed by atoms with Crippen LogP contribution in [0.25, 0.3) is 11.2 Å². The van der Waals surface area contributed by atoms with Gasteiger partial charge in [-0.3, -0.25) is 0 Å². The van der Waals surface area contributed by atoms with Crippen molar-refractivity contribution in [2.75, 3.05) is 37.5 Å². The highest BCUT2D eigenvalue weighted by atomic mass is 16.5. The van der Waals surface area contributed by atoms with Gasteiger partial charge in [0, 0.05) is 27.2 Å². The van der Waals surface area contributed by atoms with E-state index in [4.69, 9.17) is 4.74 Å². The van der Waals surface area contributed by atoms with Crippen LogP contribution in [0.4, 0.5) is 11.8 Å². The van der Waals surface area contributed by atoms with Crippen LogP contribution < -0.4 is 10.2 Å². The lowest BCUT2D eigenvalue weighted by molar-refractivity contribution is 0.0818. The third-order valence-electron chi connectivity index (χ3n) is 3.57. The zero-order valence-corrected chi connectivity index (χ0v) is 11.2. The van der Waals surface area contributed by atoms with Crippen molar-refractivity contribution in [3.05, 3.63) is 6.33 Å². The van der Waals surface area contributed by atoms with Crippen LogP contribution in [0.1, 0.15) is 12.8 Å². The monoisotopic (exact) mass is 262 g/mol. The maximum Gasteiger partial charge on any atom is 0.226 e. The Morgan fingerprint density at radius 3 is 2.84 bits per heavy atom. The minimum absolute atomic E-state index is 0.360. The average Bonchev–Trinajstić information content (AvgIpc) is 2.94. The smallest absolute Gasteiger partial charge is 0.226 e. The second-order valence-electron chi connectivity index (χ2n) is 4.64. The number of H-pyrrole nitrogens is 1. The van der Waals surface area contributed by atoms with Gasteiger partial charge in [0.05, 0.1) is 12.4 Å². The van der Waals surface area contributed by atoms with Gasteiger partial charge in [0.2, 0.25) is 5.95 Å². The van der Waals surface area contributed by atoms with E-state index < -0.39 is 0 Å². The van der Waals surface area contributed by atoms with Gasteiger partial charge in [0.1, 0.15) is 5.52 Å². The number of methoxy groups -OCH3 is 1. The Kier molecular flexibility index (Phi) is 3.20. The molecular formula is C12H18N6O. The Hall–Kier alpha value is -1.89. The van der Waals surface area contributed by atoms with Gasteiger partial charge >= 0.3 is 0 Å². The molecule has 2 aromatic rings. The van der Waals surface area contributed by atoms with Crippen molar-refractivity contribution >= 4 is 22.9 Å². The largest absolute Gasteiger partial charge is 0.381 e. The molecule has 1 saturated heterocycles. The van der Waals surface area contributed by atoms with Gasteiger partial charge in [-0.2, -0.15) is 9.97 Å². The number of ether oxygens (including phenoxy) is 1. The molecule has 3 heterocycles. The molecule has 2 aromatic heterocycles. The van der Waals surface area contributed by atoms with Crippen LogP contribution in [-0.4, -0.2) is 53.3 Å². The summed E-state index contributed by atoms with van der Waals surface area (Å²) in [6, 6.07) is 0. The van der Waals surface area contributed by atoms with Crippen molar-refractivity contribution in [3.63, 3.8) is 0 Å². The summed E-state index contributed by atoms with van der Waals surface area (Å²) in [7, 11) is 3.59. The number of nitrogens with one attached hydrogen (secondary N) is 2. The number of imidazole rings is 1. The highest BCUT2D eigenvalue weighted by Gasteiger charge is 2.22. The minimum Gasteiger partial charge on any atom is -0.381 e. The Bertz CT molecular complexity index is 560. The zero-order valence-electron chi connectivity index (χ0n) is 11.2. The molecule has 0 aliphatic carbocycles. The molecule has 0 unspecified atom stereocenters. The molecule has 3 rings (SSSR count). The normalized spacial score (nSPS) is 17.1. The number of piperidine rings is 1. The molecule has 7 heteroatoms. The summed E-state index contributed by atoms with van der Waals surface area (Å²) in [6.07, 6.45) is 4.05. The molecule has 19 heavy (non-hydrogen) atoms. The summed E-state index contributed by atoms with van der Waals surface area (Å²) in [5.41, 5.74) is 1.60. The Balaban J connectivity index is 1.93. The molecule has 0 bridgehead atoms. The van der Waals surface area contributed by atoms with Gasteiger partial charge in [-0.1, -0.05) is 0 Å². The number of rotatable bonds is 3. The van der Waals surface area contributed by atoms with Gasteiger partial charge in [0.15, 0.2) is 11.5 Å².